The predicted octanol–water partition coefficient (Wildman–Crippen LogP) is 1.56. The molecule has 1 amide bonds. The number of rotatable bonds is 5. The maximum Gasteiger partial charge on any atom is 0.252 e. The summed E-state index contributed by atoms with van der Waals surface area (Å²) in [5, 5.41) is 9.41. The zero-order valence-corrected chi connectivity index (χ0v) is 12.6. The zero-order valence-electron chi connectivity index (χ0n) is 11.0. The summed E-state index contributed by atoms with van der Waals surface area (Å²) < 4.78 is 22.3. The van der Waals surface area contributed by atoms with Gasteiger partial charge in [-0.15, -0.1) is 11.3 Å². The topological polar surface area (TPSA) is 89.3 Å². The summed E-state index contributed by atoms with van der Waals surface area (Å²) in [7, 11) is -3.72. The SMILES string of the molecule is CC(C)C1(CNC(=O)c2csc(S(N)(=O)=O)c2)CC1. The molecule has 0 radical (unpaired) electrons. The molecule has 5 nitrogen and oxygen atoms in total. The second-order valence-electron chi connectivity index (χ2n) is 5.40. The van der Waals surface area contributed by atoms with Crippen molar-refractivity contribution < 1.29 is 13.2 Å². The van der Waals surface area contributed by atoms with Crippen molar-refractivity contribution in [1.82, 2.24) is 5.32 Å². The largest absolute Gasteiger partial charge is 0.351 e. The predicted molar refractivity (Wildman–Crippen MR) is 74.5 cm³/mol. The first kappa shape index (κ1) is 14.5. The lowest BCUT2D eigenvalue weighted by molar-refractivity contribution is 0.0940. The van der Waals surface area contributed by atoms with Crippen LogP contribution in [-0.2, 0) is 10.0 Å². The van der Waals surface area contributed by atoms with E-state index in [-0.39, 0.29) is 15.5 Å². The number of primary sulfonamides is 1. The van der Waals surface area contributed by atoms with E-state index in [4.69, 9.17) is 5.14 Å². The molecule has 0 spiro atoms. The van der Waals surface area contributed by atoms with E-state index in [0.29, 0.717) is 18.0 Å². The van der Waals surface area contributed by atoms with E-state index in [1.54, 1.807) is 0 Å². The highest BCUT2D eigenvalue weighted by Crippen LogP contribution is 2.51. The van der Waals surface area contributed by atoms with Crippen LogP contribution in [0, 0.1) is 11.3 Å². The van der Waals surface area contributed by atoms with Crippen LogP contribution in [0.15, 0.2) is 15.7 Å². The number of nitrogens with two attached hydrogens (primary N) is 1. The number of nitrogens with one attached hydrogen (secondary N) is 1. The maximum absolute atomic E-state index is 11.9. The molecule has 3 N–H and O–H groups in total. The minimum Gasteiger partial charge on any atom is -0.351 e. The van der Waals surface area contributed by atoms with Gasteiger partial charge in [0.05, 0.1) is 5.56 Å². The molecule has 1 aliphatic rings. The van der Waals surface area contributed by atoms with Gasteiger partial charge in [0, 0.05) is 11.9 Å². The Kier molecular flexibility index (Phi) is 3.72. The first-order valence-electron chi connectivity index (χ1n) is 6.14. The van der Waals surface area contributed by atoms with Gasteiger partial charge in [0.1, 0.15) is 4.21 Å². The van der Waals surface area contributed by atoms with E-state index < -0.39 is 10.0 Å². The second-order valence-corrected chi connectivity index (χ2v) is 8.10. The van der Waals surface area contributed by atoms with E-state index in [9.17, 15) is 13.2 Å². The lowest BCUT2D eigenvalue weighted by Gasteiger charge is -2.19. The van der Waals surface area contributed by atoms with Gasteiger partial charge in [0.15, 0.2) is 0 Å². The molecule has 0 saturated heterocycles. The molecule has 106 valence electrons. The van der Waals surface area contributed by atoms with Crippen LogP contribution in [0.5, 0.6) is 0 Å². The molecule has 1 aliphatic carbocycles. The first-order valence-corrected chi connectivity index (χ1v) is 8.57. The fourth-order valence-electron chi connectivity index (χ4n) is 2.06. The Labute approximate surface area is 117 Å². The highest BCUT2D eigenvalue weighted by molar-refractivity contribution is 7.91. The van der Waals surface area contributed by atoms with Gasteiger partial charge in [-0.05, 0) is 30.2 Å². The van der Waals surface area contributed by atoms with Gasteiger partial charge in [0.25, 0.3) is 5.91 Å². The van der Waals surface area contributed by atoms with Crippen LogP contribution in [0.2, 0.25) is 0 Å². The lowest BCUT2D eigenvalue weighted by atomic mass is 9.92. The molecule has 1 heterocycles. The summed E-state index contributed by atoms with van der Waals surface area (Å²) in [6, 6.07) is 1.32. The van der Waals surface area contributed by atoms with Crippen LogP contribution in [-0.4, -0.2) is 20.9 Å². The fourth-order valence-corrected chi connectivity index (χ4v) is 3.65. The first-order chi connectivity index (χ1) is 8.74. The van der Waals surface area contributed by atoms with Crippen molar-refractivity contribution in [3.8, 4) is 0 Å². The van der Waals surface area contributed by atoms with Gasteiger partial charge >= 0.3 is 0 Å². The summed E-state index contributed by atoms with van der Waals surface area (Å²) >= 11 is 0.966. The molecule has 1 aromatic heterocycles. The quantitative estimate of drug-likeness (QED) is 0.865. The van der Waals surface area contributed by atoms with Crippen molar-refractivity contribution in [1.29, 1.82) is 0 Å². The highest BCUT2D eigenvalue weighted by Gasteiger charge is 2.45. The monoisotopic (exact) mass is 302 g/mol. The molecule has 0 bridgehead atoms. The van der Waals surface area contributed by atoms with Gasteiger partial charge < -0.3 is 5.32 Å². The number of thiophene rings is 1. The van der Waals surface area contributed by atoms with Crippen molar-refractivity contribution in [3.63, 3.8) is 0 Å². The van der Waals surface area contributed by atoms with Crippen LogP contribution in [0.3, 0.4) is 0 Å². The van der Waals surface area contributed by atoms with Crippen LogP contribution < -0.4 is 10.5 Å². The molecule has 1 aromatic rings. The lowest BCUT2D eigenvalue weighted by Crippen LogP contribution is -2.32. The van der Waals surface area contributed by atoms with E-state index in [0.717, 1.165) is 24.2 Å². The molecule has 0 atom stereocenters. The van der Waals surface area contributed by atoms with E-state index >= 15 is 0 Å². The summed E-state index contributed by atoms with van der Waals surface area (Å²) in [4.78, 5) is 11.9. The molecule has 7 heteroatoms. The number of hydrogen-bond acceptors (Lipinski definition) is 4. The molecule has 2 rings (SSSR count). The van der Waals surface area contributed by atoms with E-state index in [1.807, 2.05) is 0 Å². The molecule has 1 saturated carbocycles. The number of sulfonamides is 1. The van der Waals surface area contributed by atoms with E-state index in [1.165, 1.54) is 11.4 Å². The molecule has 0 unspecified atom stereocenters. The average Bonchev–Trinajstić information content (AvgIpc) is 2.92. The summed E-state index contributed by atoms with van der Waals surface area (Å²) in [5.41, 5.74) is 0.586. The Morgan fingerprint density at radius 1 is 1.53 bits per heavy atom. The van der Waals surface area contributed by atoms with Crippen molar-refractivity contribution >= 4 is 27.3 Å². The third kappa shape index (κ3) is 3.16. The van der Waals surface area contributed by atoms with Crippen LogP contribution >= 0.6 is 11.3 Å². The van der Waals surface area contributed by atoms with Gasteiger partial charge in [0.2, 0.25) is 10.0 Å². The highest BCUT2D eigenvalue weighted by atomic mass is 32.2. The Morgan fingerprint density at radius 2 is 2.16 bits per heavy atom. The van der Waals surface area contributed by atoms with E-state index in [2.05, 4.69) is 19.2 Å². The third-order valence-electron chi connectivity index (χ3n) is 3.84. The smallest absolute Gasteiger partial charge is 0.252 e. The Balaban J connectivity index is 1.99. The fraction of sp³-hybridized carbons (Fsp3) is 0.583. The van der Waals surface area contributed by atoms with Crippen LogP contribution in [0.25, 0.3) is 0 Å². The van der Waals surface area contributed by atoms with Crippen LogP contribution in [0.4, 0.5) is 0 Å². The van der Waals surface area contributed by atoms with Crippen molar-refractivity contribution in [2.45, 2.75) is 30.9 Å². The standard InChI is InChI=1S/C12H18N2O3S2/c1-8(2)12(3-4-12)7-14-11(15)9-5-10(18-6-9)19(13,16)17/h5-6,8H,3-4,7H2,1-2H3,(H,14,15)(H2,13,16,17). The summed E-state index contributed by atoms with van der Waals surface area (Å²) in [6.07, 6.45) is 2.27. The van der Waals surface area contributed by atoms with Gasteiger partial charge in [-0.1, -0.05) is 13.8 Å². The molecular weight excluding hydrogens is 284 g/mol. The average molecular weight is 302 g/mol. The zero-order chi connectivity index (χ0) is 14.3. The van der Waals surface area contributed by atoms with Crippen LogP contribution in [0.1, 0.15) is 37.0 Å². The Morgan fingerprint density at radius 3 is 2.58 bits per heavy atom. The maximum atomic E-state index is 11.9. The van der Waals surface area contributed by atoms with Crippen molar-refractivity contribution in [2.24, 2.45) is 16.5 Å². The molecule has 0 aromatic carbocycles. The molecule has 0 aliphatic heterocycles. The third-order valence-corrected chi connectivity index (χ3v) is 6.22. The van der Waals surface area contributed by atoms with Gasteiger partial charge in [-0.2, -0.15) is 0 Å². The molecule has 19 heavy (non-hydrogen) atoms. The van der Waals surface area contributed by atoms with Gasteiger partial charge in [-0.3, -0.25) is 4.79 Å². The van der Waals surface area contributed by atoms with Crippen molar-refractivity contribution in [3.05, 3.63) is 17.0 Å². The second kappa shape index (κ2) is 4.88. The number of hydrogen-bond donors (Lipinski definition) is 2. The number of carbonyl (C=O) groups excluding carboxylic acids is 1. The minimum atomic E-state index is -3.72. The number of amides is 1. The molecule has 1 fully saturated rings. The normalized spacial score (nSPS) is 17.5. The number of carbonyl (C=O) groups is 1. The Bertz CT molecular complexity index is 586. The summed E-state index contributed by atoms with van der Waals surface area (Å²) in [5.74, 6) is 0.299. The Hall–Kier alpha value is -0.920. The molecular formula is C12H18N2O3S2. The summed E-state index contributed by atoms with van der Waals surface area (Å²) in [6.45, 7) is 4.95. The van der Waals surface area contributed by atoms with Gasteiger partial charge in [-0.25, -0.2) is 13.6 Å². The minimum absolute atomic E-state index is 0.0163. The van der Waals surface area contributed by atoms with Crippen molar-refractivity contribution in [2.75, 3.05) is 6.54 Å².